The highest BCUT2D eigenvalue weighted by Crippen LogP contribution is 2.47. The molecule has 1 aromatic heterocycles. The van der Waals surface area contributed by atoms with Crippen LogP contribution in [0.4, 0.5) is 10.1 Å². The van der Waals surface area contributed by atoms with E-state index in [1.54, 1.807) is 6.07 Å². The van der Waals surface area contributed by atoms with Crippen LogP contribution in [0.2, 0.25) is 0 Å². The number of fused-ring (bicyclic) bond motifs is 1. The summed E-state index contributed by atoms with van der Waals surface area (Å²) in [4.78, 5) is 24.9. The maximum atomic E-state index is 14.8. The third-order valence-corrected chi connectivity index (χ3v) is 5.63. The van der Waals surface area contributed by atoms with Crippen LogP contribution in [0.15, 0.2) is 35.6 Å². The maximum Gasteiger partial charge on any atom is 0.283 e. The molecule has 8 nitrogen and oxygen atoms in total. The molecule has 1 aliphatic carbocycles. The molecule has 2 aliphatic rings. The standard InChI is InChI=1S/C20H22FN5O3/c1-20(12-4-3-5-16(12)29-19(22)26-20)13-8-11(6-7-14(13)21)25-18(27)15-9-24-17(28-2)10-23-15/h6-10,12,16H,3-5H2,1-2H3,(H2,22,26)(H,25,27)/t12?,16?,20-/m0/s1. The summed E-state index contributed by atoms with van der Waals surface area (Å²) >= 11 is 0. The summed E-state index contributed by atoms with van der Waals surface area (Å²) in [7, 11) is 1.46. The fourth-order valence-corrected chi connectivity index (χ4v) is 4.19. The van der Waals surface area contributed by atoms with E-state index in [1.807, 2.05) is 6.92 Å². The number of amides is 1. The molecular formula is C20H22FN5O3. The molecule has 9 heteroatoms. The Kier molecular flexibility index (Phi) is 4.81. The summed E-state index contributed by atoms with van der Waals surface area (Å²) in [5.41, 5.74) is 5.94. The summed E-state index contributed by atoms with van der Waals surface area (Å²) in [5.74, 6) is -0.544. The first-order chi connectivity index (χ1) is 13.9. The van der Waals surface area contributed by atoms with Crippen molar-refractivity contribution in [2.45, 2.75) is 37.8 Å². The lowest BCUT2D eigenvalue weighted by Crippen LogP contribution is -2.45. The number of carbonyl (C=O) groups is 1. The van der Waals surface area contributed by atoms with Gasteiger partial charge in [0.25, 0.3) is 11.9 Å². The number of hydrogen-bond donors (Lipinski definition) is 2. The van der Waals surface area contributed by atoms with Crippen molar-refractivity contribution in [3.05, 3.63) is 47.7 Å². The van der Waals surface area contributed by atoms with Gasteiger partial charge in [0.1, 0.15) is 17.6 Å². The number of methoxy groups -OCH3 is 1. The molecule has 0 saturated heterocycles. The van der Waals surface area contributed by atoms with Crippen LogP contribution in [-0.2, 0) is 10.3 Å². The van der Waals surface area contributed by atoms with Gasteiger partial charge in [-0.15, -0.1) is 0 Å². The van der Waals surface area contributed by atoms with Gasteiger partial charge in [-0.25, -0.2) is 19.4 Å². The van der Waals surface area contributed by atoms with Gasteiger partial charge in [-0.3, -0.25) is 4.79 Å². The molecule has 29 heavy (non-hydrogen) atoms. The summed E-state index contributed by atoms with van der Waals surface area (Å²) < 4.78 is 25.4. The molecule has 0 radical (unpaired) electrons. The number of nitrogens with zero attached hydrogens (tertiary/aromatic N) is 3. The SMILES string of the molecule is COc1cnc(C(=O)Nc2ccc(F)c([C@@]3(C)N=C(N)OC4CCCC43)c2)cn1. The highest BCUT2D eigenvalue weighted by Gasteiger charge is 2.49. The molecule has 152 valence electrons. The second kappa shape index (κ2) is 7.31. The van der Waals surface area contributed by atoms with E-state index in [-0.39, 0.29) is 23.7 Å². The molecule has 1 amide bonds. The Morgan fingerprint density at radius 3 is 2.90 bits per heavy atom. The number of amidine groups is 1. The lowest BCUT2D eigenvalue weighted by atomic mass is 9.77. The maximum absolute atomic E-state index is 14.8. The van der Waals surface area contributed by atoms with E-state index in [1.165, 1.54) is 31.6 Å². The van der Waals surface area contributed by atoms with Crippen molar-refractivity contribution in [3.8, 4) is 5.88 Å². The smallest absolute Gasteiger partial charge is 0.283 e. The molecular weight excluding hydrogens is 377 g/mol. The summed E-state index contributed by atoms with van der Waals surface area (Å²) in [6.45, 7) is 1.87. The quantitative estimate of drug-likeness (QED) is 0.817. The van der Waals surface area contributed by atoms with E-state index >= 15 is 0 Å². The zero-order chi connectivity index (χ0) is 20.6. The molecule has 4 rings (SSSR count). The van der Waals surface area contributed by atoms with Crippen LogP contribution in [-0.4, -0.2) is 35.1 Å². The van der Waals surface area contributed by atoms with Gasteiger partial charge < -0.3 is 20.5 Å². The summed E-state index contributed by atoms with van der Waals surface area (Å²) in [6.07, 6.45) is 5.30. The first-order valence-electron chi connectivity index (χ1n) is 9.40. The Balaban J connectivity index is 1.63. The van der Waals surface area contributed by atoms with Crippen LogP contribution in [0.5, 0.6) is 5.88 Å². The molecule has 2 aromatic rings. The molecule has 2 unspecified atom stereocenters. The summed E-state index contributed by atoms with van der Waals surface area (Å²) in [5, 5.41) is 2.73. The number of hydrogen-bond acceptors (Lipinski definition) is 7. The van der Waals surface area contributed by atoms with E-state index in [4.69, 9.17) is 15.2 Å². The van der Waals surface area contributed by atoms with E-state index < -0.39 is 17.3 Å². The highest BCUT2D eigenvalue weighted by molar-refractivity contribution is 6.02. The molecule has 1 aliphatic heterocycles. The number of rotatable bonds is 4. The minimum Gasteiger partial charge on any atom is -0.480 e. The Bertz CT molecular complexity index is 965. The van der Waals surface area contributed by atoms with E-state index in [0.717, 1.165) is 19.3 Å². The number of carbonyl (C=O) groups excluding carboxylic acids is 1. The van der Waals surface area contributed by atoms with Crippen LogP contribution in [0.3, 0.4) is 0 Å². The number of ether oxygens (including phenoxy) is 2. The first-order valence-corrected chi connectivity index (χ1v) is 9.40. The topological polar surface area (TPSA) is 112 Å². The molecule has 2 heterocycles. The minimum atomic E-state index is -0.867. The Morgan fingerprint density at radius 2 is 2.17 bits per heavy atom. The van der Waals surface area contributed by atoms with Gasteiger partial charge in [0.2, 0.25) is 5.88 Å². The monoisotopic (exact) mass is 399 g/mol. The number of anilines is 1. The largest absolute Gasteiger partial charge is 0.480 e. The van der Waals surface area contributed by atoms with Crippen molar-refractivity contribution in [1.82, 2.24) is 9.97 Å². The third kappa shape index (κ3) is 3.48. The Hall–Kier alpha value is -3.23. The minimum absolute atomic E-state index is 0.0164. The zero-order valence-electron chi connectivity index (χ0n) is 16.2. The average Bonchev–Trinajstić information content (AvgIpc) is 3.18. The predicted octanol–water partition coefficient (Wildman–Crippen LogP) is 2.61. The van der Waals surface area contributed by atoms with Crippen LogP contribution < -0.4 is 15.8 Å². The number of halogens is 1. The lowest BCUT2D eigenvalue weighted by Gasteiger charge is -2.40. The average molecular weight is 399 g/mol. The van der Waals surface area contributed by atoms with Crippen molar-refractivity contribution >= 4 is 17.6 Å². The molecule has 0 spiro atoms. The predicted molar refractivity (Wildman–Crippen MR) is 104 cm³/mol. The molecule has 1 aromatic carbocycles. The number of aromatic nitrogens is 2. The van der Waals surface area contributed by atoms with Crippen LogP contribution in [0.1, 0.15) is 42.2 Å². The van der Waals surface area contributed by atoms with Gasteiger partial charge in [-0.05, 0) is 44.4 Å². The Morgan fingerprint density at radius 1 is 1.34 bits per heavy atom. The molecule has 1 fully saturated rings. The third-order valence-electron chi connectivity index (χ3n) is 5.63. The van der Waals surface area contributed by atoms with Crippen LogP contribution >= 0.6 is 0 Å². The number of nitrogens with one attached hydrogen (secondary N) is 1. The normalized spacial score (nSPS) is 25.6. The zero-order valence-corrected chi connectivity index (χ0v) is 16.2. The van der Waals surface area contributed by atoms with Crippen molar-refractivity contribution < 1.29 is 18.7 Å². The number of nitrogens with two attached hydrogens (primary N) is 1. The number of benzene rings is 1. The van der Waals surface area contributed by atoms with E-state index in [2.05, 4.69) is 20.3 Å². The van der Waals surface area contributed by atoms with Gasteiger partial charge in [-0.2, -0.15) is 0 Å². The molecule has 3 N–H and O–H groups in total. The van der Waals surface area contributed by atoms with Crippen molar-refractivity contribution in [2.24, 2.45) is 16.6 Å². The number of aliphatic imine (C=N–C) groups is 1. The first kappa shape index (κ1) is 19.1. The van der Waals surface area contributed by atoms with Gasteiger partial charge in [-0.1, -0.05) is 0 Å². The Labute approximate surface area is 167 Å². The molecule has 3 atom stereocenters. The second-order valence-electron chi connectivity index (χ2n) is 7.38. The van der Waals surface area contributed by atoms with Crippen molar-refractivity contribution in [2.75, 3.05) is 12.4 Å². The van der Waals surface area contributed by atoms with E-state index in [0.29, 0.717) is 17.1 Å². The van der Waals surface area contributed by atoms with Crippen molar-refractivity contribution in [1.29, 1.82) is 0 Å². The summed E-state index contributed by atoms with van der Waals surface area (Å²) in [6, 6.07) is 4.48. The van der Waals surface area contributed by atoms with Gasteiger partial charge in [0.05, 0.1) is 25.0 Å². The molecule has 0 bridgehead atoms. The second-order valence-corrected chi connectivity index (χ2v) is 7.38. The highest BCUT2D eigenvalue weighted by atomic mass is 19.1. The van der Waals surface area contributed by atoms with Crippen molar-refractivity contribution in [3.63, 3.8) is 0 Å². The molecule has 1 saturated carbocycles. The van der Waals surface area contributed by atoms with Crippen LogP contribution in [0.25, 0.3) is 0 Å². The van der Waals surface area contributed by atoms with E-state index in [9.17, 15) is 9.18 Å². The lowest BCUT2D eigenvalue weighted by molar-refractivity contribution is 0.0701. The fraction of sp³-hybridized carbons (Fsp3) is 0.400. The van der Waals surface area contributed by atoms with Crippen LogP contribution in [0, 0.1) is 11.7 Å². The fourth-order valence-electron chi connectivity index (χ4n) is 4.19. The van der Waals surface area contributed by atoms with Gasteiger partial charge in [0.15, 0.2) is 0 Å². The van der Waals surface area contributed by atoms with Gasteiger partial charge >= 0.3 is 0 Å². The van der Waals surface area contributed by atoms with Gasteiger partial charge in [0, 0.05) is 17.2 Å².